The average molecular weight is 309 g/mol. The number of nitrogens with zero attached hydrogens (tertiary/aromatic N) is 1. The molecule has 0 aliphatic carbocycles. The Kier molecular flexibility index (Phi) is 5.68. The zero-order valence-electron chi connectivity index (χ0n) is 13.5. The van der Waals surface area contributed by atoms with E-state index in [9.17, 15) is 13.6 Å². The SMILES string of the molecule is CC(=O)CCCC1(Cc2ccc(F)c(F)c2)CCN(C)CC1. The van der Waals surface area contributed by atoms with Crippen LogP contribution in [0.25, 0.3) is 0 Å². The lowest BCUT2D eigenvalue weighted by molar-refractivity contribution is -0.117. The van der Waals surface area contributed by atoms with E-state index in [0.717, 1.165) is 50.8 Å². The Morgan fingerprint density at radius 1 is 1.23 bits per heavy atom. The van der Waals surface area contributed by atoms with E-state index in [2.05, 4.69) is 11.9 Å². The second kappa shape index (κ2) is 7.32. The second-order valence-electron chi connectivity index (χ2n) is 6.78. The summed E-state index contributed by atoms with van der Waals surface area (Å²) in [5.74, 6) is -1.35. The third-order valence-electron chi connectivity index (χ3n) is 4.85. The maximum atomic E-state index is 13.5. The fraction of sp³-hybridized carbons (Fsp3) is 0.611. The summed E-state index contributed by atoms with van der Waals surface area (Å²) in [5.41, 5.74) is 0.956. The Balaban J connectivity index is 2.09. The molecule has 0 radical (unpaired) electrons. The van der Waals surface area contributed by atoms with Gasteiger partial charge in [0, 0.05) is 6.42 Å². The Morgan fingerprint density at radius 3 is 2.50 bits per heavy atom. The van der Waals surface area contributed by atoms with Crippen LogP contribution in [0.3, 0.4) is 0 Å². The number of hydrogen-bond donors (Lipinski definition) is 0. The number of hydrogen-bond acceptors (Lipinski definition) is 2. The van der Waals surface area contributed by atoms with Gasteiger partial charge < -0.3 is 9.69 Å². The molecule has 1 fully saturated rings. The summed E-state index contributed by atoms with van der Waals surface area (Å²) in [6, 6.07) is 4.22. The van der Waals surface area contributed by atoms with Gasteiger partial charge in [0.1, 0.15) is 5.78 Å². The third-order valence-corrected chi connectivity index (χ3v) is 4.85. The maximum absolute atomic E-state index is 13.5. The van der Waals surface area contributed by atoms with Crippen LogP contribution in [0.15, 0.2) is 18.2 Å². The highest BCUT2D eigenvalue weighted by Gasteiger charge is 2.33. The quantitative estimate of drug-likeness (QED) is 0.792. The van der Waals surface area contributed by atoms with E-state index in [4.69, 9.17) is 0 Å². The summed E-state index contributed by atoms with van der Waals surface area (Å²) in [6.07, 6.45) is 5.30. The number of piperidine rings is 1. The van der Waals surface area contributed by atoms with Crippen molar-refractivity contribution in [1.29, 1.82) is 0 Å². The summed E-state index contributed by atoms with van der Waals surface area (Å²) in [4.78, 5) is 13.5. The minimum Gasteiger partial charge on any atom is -0.306 e. The van der Waals surface area contributed by atoms with E-state index in [1.165, 1.54) is 12.1 Å². The Labute approximate surface area is 131 Å². The number of ketones is 1. The molecule has 0 spiro atoms. The van der Waals surface area contributed by atoms with Crippen LogP contribution in [0.5, 0.6) is 0 Å². The van der Waals surface area contributed by atoms with Crippen molar-refractivity contribution in [2.45, 2.75) is 45.4 Å². The average Bonchev–Trinajstić information content (AvgIpc) is 2.46. The van der Waals surface area contributed by atoms with Gasteiger partial charge >= 0.3 is 0 Å². The van der Waals surface area contributed by atoms with Crippen LogP contribution in [-0.4, -0.2) is 30.8 Å². The molecule has 1 heterocycles. The van der Waals surface area contributed by atoms with Crippen molar-refractivity contribution in [1.82, 2.24) is 4.90 Å². The lowest BCUT2D eigenvalue weighted by atomic mass is 9.70. The number of carbonyl (C=O) groups excluding carboxylic acids is 1. The van der Waals surface area contributed by atoms with Crippen molar-refractivity contribution < 1.29 is 13.6 Å². The standard InChI is InChI=1S/C18H25F2NO/c1-14(22)4-3-7-18(8-10-21(2)11-9-18)13-15-5-6-16(19)17(20)12-15/h5-6,12H,3-4,7-11,13H2,1-2H3. The van der Waals surface area contributed by atoms with Crippen LogP contribution in [-0.2, 0) is 11.2 Å². The zero-order chi connectivity index (χ0) is 16.2. The number of carbonyl (C=O) groups is 1. The van der Waals surface area contributed by atoms with Crippen LogP contribution >= 0.6 is 0 Å². The van der Waals surface area contributed by atoms with Gasteiger partial charge in [-0.1, -0.05) is 6.07 Å². The Morgan fingerprint density at radius 2 is 1.91 bits per heavy atom. The van der Waals surface area contributed by atoms with Crippen LogP contribution in [0.4, 0.5) is 8.78 Å². The number of likely N-dealkylation sites (tertiary alicyclic amines) is 1. The first-order valence-electron chi connectivity index (χ1n) is 8.02. The summed E-state index contributed by atoms with van der Waals surface area (Å²) >= 11 is 0. The summed E-state index contributed by atoms with van der Waals surface area (Å²) in [5, 5.41) is 0. The monoisotopic (exact) mass is 309 g/mol. The van der Waals surface area contributed by atoms with Gasteiger partial charge in [0.05, 0.1) is 0 Å². The summed E-state index contributed by atoms with van der Waals surface area (Å²) in [7, 11) is 2.11. The normalized spacial score (nSPS) is 18.4. The zero-order valence-corrected chi connectivity index (χ0v) is 13.5. The van der Waals surface area contributed by atoms with Crippen molar-refractivity contribution >= 4 is 5.78 Å². The van der Waals surface area contributed by atoms with Gasteiger partial charge in [-0.3, -0.25) is 0 Å². The molecule has 0 amide bonds. The first-order chi connectivity index (χ1) is 10.4. The molecular weight excluding hydrogens is 284 g/mol. The molecule has 122 valence electrons. The van der Waals surface area contributed by atoms with E-state index in [-0.39, 0.29) is 11.2 Å². The van der Waals surface area contributed by atoms with Gasteiger partial charge in [0.2, 0.25) is 0 Å². The molecule has 1 aliphatic rings. The molecule has 1 aromatic rings. The molecule has 0 saturated carbocycles. The smallest absolute Gasteiger partial charge is 0.159 e. The van der Waals surface area contributed by atoms with Crippen LogP contribution in [0.2, 0.25) is 0 Å². The highest BCUT2D eigenvalue weighted by atomic mass is 19.2. The van der Waals surface area contributed by atoms with Gasteiger partial charge in [0.15, 0.2) is 11.6 Å². The highest BCUT2D eigenvalue weighted by molar-refractivity contribution is 5.75. The molecule has 0 N–H and O–H groups in total. The lowest BCUT2D eigenvalue weighted by Gasteiger charge is -2.41. The molecule has 0 atom stereocenters. The van der Waals surface area contributed by atoms with E-state index in [1.54, 1.807) is 13.0 Å². The van der Waals surface area contributed by atoms with Crippen LogP contribution in [0.1, 0.15) is 44.6 Å². The second-order valence-corrected chi connectivity index (χ2v) is 6.78. The number of benzene rings is 1. The molecule has 2 nitrogen and oxygen atoms in total. The first kappa shape index (κ1) is 17.1. The molecule has 1 saturated heterocycles. The molecule has 0 bridgehead atoms. The predicted octanol–water partition coefficient (Wildman–Crippen LogP) is 3.98. The lowest BCUT2D eigenvalue weighted by Crippen LogP contribution is -2.39. The van der Waals surface area contributed by atoms with Crippen molar-refractivity contribution in [3.05, 3.63) is 35.4 Å². The van der Waals surface area contributed by atoms with Crippen LogP contribution < -0.4 is 0 Å². The van der Waals surface area contributed by atoms with Crippen molar-refractivity contribution in [3.8, 4) is 0 Å². The van der Waals surface area contributed by atoms with Gasteiger partial charge in [-0.15, -0.1) is 0 Å². The van der Waals surface area contributed by atoms with Gasteiger partial charge in [-0.25, -0.2) is 8.78 Å². The fourth-order valence-electron chi connectivity index (χ4n) is 3.40. The van der Waals surface area contributed by atoms with E-state index >= 15 is 0 Å². The Bertz CT molecular complexity index is 522. The highest BCUT2D eigenvalue weighted by Crippen LogP contribution is 2.39. The molecule has 22 heavy (non-hydrogen) atoms. The van der Waals surface area contributed by atoms with Crippen molar-refractivity contribution in [2.24, 2.45) is 5.41 Å². The maximum Gasteiger partial charge on any atom is 0.159 e. The van der Waals surface area contributed by atoms with E-state index in [1.807, 2.05) is 0 Å². The summed E-state index contributed by atoms with van der Waals surface area (Å²) < 4.78 is 26.5. The van der Waals surface area contributed by atoms with Crippen LogP contribution in [0, 0.1) is 17.0 Å². The number of Topliss-reactive ketones (excluding diaryl/α,β-unsaturated/α-hetero) is 1. The number of rotatable bonds is 6. The molecular formula is C18H25F2NO. The van der Waals surface area contributed by atoms with Crippen molar-refractivity contribution in [2.75, 3.05) is 20.1 Å². The first-order valence-corrected chi connectivity index (χ1v) is 8.02. The minimum atomic E-state index is -0.794. The fourth-order valence-corrected chi connectivity index (χ4v) is 3.40. The van der Waals surface area contributed by atoms with Crippen molar-refractivity contribution in [3.63, 3.8) is 0 Å². The topological polar surface area (TPSA) is 20.3 Å². The van der Waals surface area contributed by atoms with Gasteiger partial charge in [-0.2, -0.15) is 0 Å². The third kappa shape index (κ3) is 4.60. The number of halogens is 2. The molecule has 1 aliphatic heterocycles. The Hall–Kier alpha value is -1.29. The van der Waals surface area contributed by atoms with Gasteiger partial charge in [0.25, 0.3) is 0 Å². The molecule has 2 rings (SSSR count). The van der Waals surface area contributed by atoms with Gasteiger partial charge in [-0.05, 0) is 82.3 Å². The van der Waals surface area contributed by atoms with E-state index in [0.29, 0.717) is 6.42 Å². The predicted molar refractivity (Wildman–Crippen MR) is 83.8 cm³/mol. The molecule has 4 heteroatoms. The minimum absolute atomic E-state index is 0.103. The largest absolute Gasteiger partial charge is 0.306 e. The van der Waals surface area contributed by atoms with E-state index < -0.39 is 11.6 Å². The molecule has 0 aromatic heterocycles. The molecule has 0 unspecified atom stereocenters. The summed E-state index contributed by atoms with van der Waals surface area (Å²) in [6.45, 7) is 3.66. The molecule has 1 aromatic carbocycles.